The fourth-order valence-corrected chi connectivity index (χ4v) is 3.45. The molecule has 0 saturated carbocycles. The summed E-state index contributed by atoms with van der Waals surface area (Å²) in [6.07, 6.45) is 0.0000633. The van der Waals surface area contributed by atoms with Gasteiger partial charge in [0, 0.05) is 6.54 Å². The van der Waals surface area contributed by atoms with Gasteiger partial charge in [-0.3, -0.25) is 0 Å². The van der Waals surface area contributed by atoms with Gasteiger partial charge < -0.3 is 9.41 Å². The van der Waals surface area contributed by atoms with Crippen molar-refractivity contribution in [2.45, 2.75) is 25.6 Å². The largest absolute Gasteiger partial charge is 0.511 e. The summed E-state index contributed by atoms with van der Waals surface area (Å²) in [5.74, 6) is 0. The van der Waals surface area contributed by atoms with Crippen molar-refractivity contribution >= 4 is 12.6 Å². The van der Waals surface area contributed by atoms with E-state index in [1.165, 1.54) is 11.1 Å². The van der Waals surface area contributed by atoms with Gasteiger partial charge in [0.15, 0.2) is 0 Å². The molecule has 3 nitrogen and oxygen atoms in total. The molecule has 130 valence electrons. The zero-order chi connectivity index (χ0) is 17.8. The molecular weight excluding hydrogens is 321 g/mol. The van der Waals surface area contributed by atoms with Gasteiger partial charge in [-0.05, 0) is 23.5 Å². The first-order chi connectivity index (χ1) is 12.8. The predicted molar refractivity (Wildman–Crippen MR) is 105 cm³/mol. The topological polar surface area (TPSA) is 21.7 Å². The van der Waals surface area contributed by atoms with Gasteiger partial charge >= 0.3 is 7.12 Å². The molecule has 2 atom stereocenters. The SMILES string of the molecule is CC1OB(c2ccccc2)ON(Cc2ccccc2)C1c1ccccc1. The number of hydrogen-bond donors (Lipinski definition) is 0. The Morgan fingerprint density at radius 2 is 1.38 bits per heavy atom. The lowest BCUT2D eigenvalue weighted by Gasteiger charge is -2.42. The number of hydrogen-bond acceptors (Lipinski definition) is 3. The molecule has 1 aliphatic rings. The lowest BCUT2D eigenvalue weighted by molar-refractivity contribution is -0.184. The predicted octanol–water partition coefficient (Wildman–Crippen LogP) is 3.98. The van der Waals surface area contributed by atoms with Crippen LogP contribution in [0, 0.1) is 0 Å². The van der Waals surface area contributed by atoms with Gasteiger partial charge in [-0.1, -0.05) is 91.0 Å². The van der Waals surface area contributed by atoms with Gasteiger partial charge in [0.2, 0.25) is 0 Å². The highest BCUT2D eigenvalue weighted by Gasteiger charge is 2.40. The van der Waals surface area contributed by atoms with E-state index in [2.05, 4.69) is 60.5 Å². The molecule has 0 N–H and O–H groups in total. The molecule has 2 unspecified atom stereocenters. The first-order valence-corrected chi connectivity index (χ1v) is 9.04. The van der Waals surface area contributed by atoms with E-state index in [4.69, 9.17) is 9.41 Å². The maximum Gasteiger partial charge on any atom is 0.511 e. The summed E-state index contributed by atoms with van der Waals surface area (Å²) in [4.78, 5) is 0. The van der Waals surface area contributed by atoms with Crippen molar-refractivity contribution in [1.29, 1.82) is 0 Å². The van der Waals surface area contributed by atoms with E-state index in [1.807, 2.05) is 42.5 Å². The first-order valence-electron chi connectivity index (χ1n) is 9.04. The molecule has 0 amide bonds. The molecule has 0 aromatic heterocycles. The molecule has 4 rings (SSSR count). The van der Waals surface area contributed by atoms with E-state index in [-0.39, 0.29) is 12.1 Å². The van der Waals surface area contributed by atoms with Gasteiger partial charge in [0.1, 0.15) is 0 Å². The number of nitrogens with zero attached hydrogens (tertiary/aromatic N) is 1. The van der Waals surface area contributed by atoms with Crippen LogP contribution in [0.5, 0.6) is 0 Å². The summed E-state index contributed by atoms with van der Waals surface area (Å²) in [7, 11) is -0.394. The smallest absolute Gasteiger partial charge is 0.402 e. The number of benzene rings is 3. The first kappa shape index (κ1) is 17.0. The van der Waals surface area contributed by atoms with Crippen molar-refractivity contribution in [1.82, 2.24) is 5.06 Å². The van der Waals surface area contributed by atoms with Crippen molar-refractivity contribution in [2.24, 2.45) is 0 Å². The zero-order valence-electron chi connectivity index (χ0n) is 14.9. The fraction of sp³-hybridized carbons (Fsp3) is 0.182. The van der Waals surface area contributed by atoms with E-state index in [9.17, 15) is 0 Å². The molecule has 1 heterocycles. The minimum absolute atomic E-state index is 0.0000633. The standard InChI is InChI=1S/C22H22BNO2/c1-18-22(20-13-7-3-8-14-20)24(17-19-11-5-2-6-12-19)26-23(25-18)21-15-9-4-10-16-21/h2-16,18,22H,17H2,1H3. The van der Waals surface area contributed by atoms with Gasteiger partial charge in [-0.2, -0.15) is 5.06 Å². The minimum atomic E-state index is -0.394. The van der Waals surface area contributed by atoms with Gasteiger partial charge in [-0.15, -0.1) is 0 Å². The lowest BCUT2D eigenvalue weighted by Crippen LogP contribution is -2.53. The molecule has 0 radical (unpaired) electrons. The summed E-state index contributed by atoms with van der Waals surface area (Å²) in [6, 6.07) is 31.0. The molecule has 0 bridgehead atoms. The Hall–Kier alpha value is -2.40. The molecule has 3 aromatic rings. The third-order valence-electron chi connectivity index (χ3n) is 4.72. The summed E-state index contributed by atoms with van der Waals surface area (Å²) in [5, 5.41) is 2.07. The highest BCUT2D eigenvalue weighted by molar-refractivity contribution is 6.61. The highest BCUT2D eigenvalue weighted by Crippen LogP contribution is 2.32. The summed E-state index contributed by atoms with van der Waals surface area (Å²) < 4.78 is 12.6. The van der Waals surface area contributed by atoms with Crippen molar-refractivity contribution in [3.05, 3.63) is 102 Å². The van der Waals surface area contributed by atoms with Crippen molar-refractivity contribution in [3.8, 4) is 0 Å². The van der Waals surface area contributed by atoms with E-state index in [0.717, 1.165) is 5.46 Å². The maximum absolute atomic E-state index is 6.32. The van der Waals surface area contributed by atoms with Crippen LogP contribution >= 0.6 is 0 Å². The second kappa shape index (κ2) is 7.87. The van der Waals surface area contributed by atoms with Crippen LogP contribution in [-0.2, 0) is 16.0 Å². The fourth-order valence-electron chi connectivity index (χ4n) is 3.45. The van der Waals surface area contributed by atoms with E-state index < -0.39 is 7.12 Å². The quantitative estimate of drug-likeness (QED) is 0.669. The van der Waals surface area contributed by atoms with Crippen LogP contribution in [0.3, 0.4) is 0 Å². The Morgan fingerprint density at radius 1 is 0.808 bits per heavy atom. The van der Waals surface area contributed by atoms with Crippen LogP contribution < -0.4 is 5.46 Å². The Labute approximate surface area is 155 Å². The molecule has 1 aliphatic heterocycles. The van der Waals surface area contributed by atoms with E-state index in [0.29, 0.717) is 6.54 Å². The number of rotatable bonds is 4. The van der Waals surface area contributed by atoms with Crippen molar-refractivity contribution in [3.63, 3.8) is 0 Å². The Bertz CT molecular complexity index is 813. The molecule has 1 saturated heterocycles. The molecule has 26 heavy (non-hydrogen) atoms. The van der Waals surface area contributed by atoms with Crippen LogP contribution in [-0.4, -0.2) is 18.3 Å². The molecular formula is C22H22BNO2. The number of hydroxylamine groups is 2. The minimum Gasteiger partial charge on any atom is -0.402 e. The van der Waals surface area contributed by atoms with Crippen LogP contribution in [0.15, 0.2) is 91.0 Å². The monoisotopic (exact) mass is 343 g/mol. The highest BCUT2D eigenvalue weighted by atomic mass is 16.7. The molecule has 0 aliphatic carbocycles. The van der Waals surface area contributed by atoms with E-state index in [1.54, 1.807) is 0 Å². The Morgan fingerprint density at radius 3 is 2.04 bits per heavy atom. The second-order valence-electron chi connectivity index (χ2n) is 6.61. The average molecular weight is 343 g/mol. The maximum atomic E-state index is 6.32. The van der Waals surface area contributed by atoms with Gasteiger partial charge in [-0.25, -0.2) is 0 Å². The zero-order valence-corrected chi connectivity index (χ0v) is 14.9. The average Bonchev–Trinajstić information content (AvgIpc) is 2.70. The van der Waals surface area contributed by atoms with Crippen molar-refractivity contribution in [2.75, 3.05) is 0 Å². The van der Waals surface area contributed by atoms with Crippen LogP contribution in [0.1, 0.15) is 24.1 Å². The summed E-state index contributed by atoms with van der Waals surface area (Å²) >= 11 is 0. The summed E-state index contributed by atoms with van der Waals surface area (Å²) in [5.41, 5.74) is 3.45. The molecule has 0 spiro atoms. The van der Waals surface area contributed by atoms with Crippen LogP contribution in [0.25, 0.3) is 0 Å². The normalized spacial score (nSPS) is 20.9. The Balaban J connectivity index is 1.65. The molecule has 3 aromatic carbocycles. The van der Waals surface area contributed by atoms with Crippen molar-refractivity contribution < 1.29 is 9.41 Å². The second-order valence-corrected chi connectivity index (χ2v) is 6.61. The Kier molecular flexibility index (Phi) is 5.16. The van der Waals surface area contributed by atoms with Gasteiger partial charge in [0.25, 0.3) is 0 Å². The van der Waals surface area contributed by atoms with Crippen LogP contribution in [0.2, 0.25) is 0 Å². The third-order valence-corrected chi connectivity index (χ3v) is 4.72. The molecule has 4 heteroatoms. The van der Waals surface area contributed by atoms with E-state index >= 15 is 0 Å². The van der Waals surface area contributed by atoms with Crippen LogP contribution in [0.4, 0.5) is 0 Å². The van der Waals surface area contributed by atoms with Gasteiger partial charge in [0.05, 0.1) is 12.1 Å². The summed E-state index contributed by atoms with van der Waals surface area (Å²) in [6.45, 7) is 2.82. The third kappa shape index (κ3) is 3.73. The lowest BCUT2D eigenvalue weighted by atomic mass is 9.77. The molecule has 1 fully saturated rings.